The van der Waals surface area contributed by atoms with Gasteiger partial charge < -0.3 is 5.32 Å². The van der Waals surface area contributed by atoms with Crippen molar-refractivity contribution in [2.45, 2.75) is 51.3 Å². The van der Waals surface area contributed by atoms with E-state index in [2.05, 4.69) is 11.4 Å². The van der Waals surface area contributed by atoms with Crippen LogP contribution in [0.4, 0.5) is 11.4 Å². The molecule has 2 aromatic carbocycles. The number of amidine groups is 1. The van der Waals surface area contributed by atoms with Crippen molar-refractivity contribution >= 4 is 45.9 Å². The smallest absolute Gasteiger partial charge is 0.242 e. The predicted octanol–water partition coefficient (Wildman–Crippen LogP) is 4.63. The fourth-order valence-corrected chi connectivity index (χ4v) is 4.77. The molecule has 0 radical (unpaired) electrons. The largest absolute Gasteiger partial charge is 0.326 e. The number of rotatable bonds is 6. The third-order valence-corrected chi connectivity index (χ3v) is 6.54. The number of thioether (sulfide) groups is 1. The van der Waals surface area contributed by atoms with Crippen molar-refractivity contribution in [2.75, 3.05) is 5.32 Å². The van der Waals surface area contributed by atoms with Crippen LogP contribution in [0.2, 0.25) is 0 Å². The first-order valence-electron chi connectivity index (χ1n) is 10.4. The van der Waals surface area contributed by atoms with E-state index in [-0.39, 0.29) is 30.1 Å². The summed E-state index contributed by atoms with van der Waals surface area (Å²) in [7, 11) is 0. The molecule has 1 atom stereocenters. The minimum Gasteiger partial charge on any atom is -0.326 e. The molecule has 2 amide bonds. The molecule has 0 bridgehead atoms. The number of hydrogen-bond donors (Lipinski definition) is 1. The van der Waals surface area contributed by atoms with Crippen LogP contribution < -0.4 is 5.32 Å². The monoisotopic (exact) mass is 435 g/mol. The summed E-state index contributed by atoms with van der Waals surface area (Å²) in [5.41, 5.74) is 4.27. The number of carbonyl (C=O) groups is 3. The summed E-state index contributed by atoms with van der Waals surface area (Å²) in [6.45, 7) is 5.55. The first-order valence-corrected chi connectivity index (χ1v) is 11.3. The van der Waals surface area contributed by atoms with E-state index in [9.17, 15) is 14.4 Å². The first-order chi connectivity index (χ1) is 14.8. The highest BCUT2D eigenvalue weighted by molar-refractivity contribution is 8.15. The van der Waals surface area contributed by atoms with Crippen molar-refractivity contribution in [3.05, 3.63) is 59.2 Å². The van der Waals surface area contributed by atoms with Crippen LogP contribution in [0.25, 0.3) is 0 Å². The summed E-state index contributed by atoms with van der Waals surface area (Å²) in [6.07, 6.45) is 2.02. The molecule has 160 valence electrons. The van der Waals surface area contributed by atoms with Crippen LogP contribution in [0.5, 0.6) is 0 Å². The van der Waals surface area contributed by atoms with E-state index < -0.39 is 5.25 Å². The van der Waals surface area contributed by atoms with Gasteiger partial charge in [0.2, 0.25) is 11.8 Å². The van der Waals surface area contributed by atoms with E-state index in [1.54, 1.807) is 29.2 Å². The second-order valence-electron chi connectivity index (χ2n) is 8.12. The topological polar surface area (TPSA) is 78.8 Å². The SMILES string of the molecule is CC(=O)c1ccc(NC(=O)CC2SC(=Nc3ccc(C)cc3C)N(C3CC3)C2=O)cc1. The molecule has 2 fully saturated rings. The summed E-state index contributed by atoms with van der Waals surface area (Å²) in [4.78, 5) is 43.6. The van der Waals surface area contributed by atoms with E-state index >= 15 is 0 Å². The van der Waals surface area contributed by atoms with Crippen LogP contribution in [0, 0.1) is 13.8 Å². The molecule has 1 saturated heterocycles. The van der Waals surface area contributed by atoms with E-state index in [1.165, 1.54) is 24.2 Å². The molecular formula is C24H25N3O3S. The molecule has 6 nitrogen and oxygen atoms in total. The van der Waals surface area contributed by atoms with Gasteiger partial charge in [0.15, 0.2) is 11.0 Å². The molecule has 0 spiro atoms. The van der Waals surface area contributed by atoms with Gasteiger partial charge in [-0.25, -0.2) is 4.99 Å². The van der Waals surface area contributed by atoms with Crippen molar-refractivity contribution in [2.24, 2.45) is 4.99 Å². The number of ketones is 1. The normalized spacial score (nSPS) is 19.7. The lowest BCUT2D eigenvalue weighted by atomic mass is 10.1. The number of aliphatic imine (C=N–C) groups is 1. The maximum absolute atomic E-state index is 13.0. The van der Waals surface area contributed by atoms with Crippen LogP contribution >= 0.6 is 11.8 Å². The summed E-state index contributed by atoms with van der Waals surface area (Å²) in [5, 5.41) is 3.02. The third kappa shape index (κ3) is 4.88. The van der Waals surface area contributed by atoms with Crippen LogP contribution in [-0.2, 0) is 9.59 Å². The van der Waals surface area contributed by atoms with E-state index in [0.717, 1.165) is 24.1 Å². The van der Waals surface area contributed by atoms with Crippen LogP contribution in [0.3, 0.4) is 0 Å². The number of Topliss-reactive ketones (excluding diaryl/α,β-unsaturated/α-hetero) is 1. The molecule has 31 heavy (non-hydrogen) atoms. The van der Waals surface area contributed by atoms with Gasteiger partial charge in [-0.05, 0) is 69.5 Å². The van der Waals surface area contributed by atoms with Crippen molar-refractivity contribution < 1.29 is 14.4 Å². The summed E-state index contributed by atoms with van der Waals surface area (Å²) in [5.74, 6) is -0.301. The Bertz CT molecular complexity index is 1070. The van der Waals surface area contributed by atoms with E-state index in [4.69, 9.17) is 4.99 Å². The molecule has 1 aliphatic heterocycles. The van der Waals surface area contributed by atoms with Crippen molar-refractivity contribution in [1.29, 1.82) is 0 Å². The maximum Gasteiger partial charge on any atom is 0.242 e. The Labute approximate surface area is 186 Å². The fourth-order valence-electron chi connectivity index (χ4n) is 3.56. The number of nitrogens with one attached hydrogen (secondary N) is 1. The predicted molar refractivity (Wildman–Crippen MR) is 124 cm³/mol. The molecule has 1 saturated carbocycles. The average Bonchev–Trinajstić information content (AvgIpc) is 3.50. The zero-order valence-corrected chi connectivity index (χ0v) is 18.7. The van der Waals surface area contributed by atoms with Crippen LogP contribution in [-0.4, -0.2) is 39.0 Å². The molecule has 1 aliphatic carbocycles. The number of hydrogen-bond acceptors (Lipinski definition) is 5. The number of anilines is 1. The van der Waals surface area contributed by atoms with Gasteiger partial charge >= 0.3 is 0 Å². The minimum atomic E-state index is -0.485. The Hall–Kier alpha value is -2.93. The maximum atomic E-state index is 13.0. The molecule has 2 aromatic rings. The number of amides is 2. The fraction of sp³-hybridized carbons (Fsp3) is 0.333. The van der Waals surface area contributed by atoms with Gasteiger partial charge in [0, 0.05) is 23.7 Å². The summed E-state index contributed by atoms with van der Waals surface area (Å²) < 4.78 is 0. The van der Waals surface area contributed by atoms with Gasteiger partial charge in [0.1, 0.15) is 5.25 Å². The van der Waals surface area contributed by atoms with Gasteiger partial charge in [-0.3, -0.25) is 19.3 Å². The molecule has 1 heterocycles. The Kier molecular flexibility index (Phi) is 5.96. The number of benzene rings is 2. The molecule has 7 heteroatoms. The van der Waals surface area contributed by atoms with Crippen molar-refractivity contribution in [3.8, 4) is 0 Å². The van der Waals surface area contributed by atoms with E-state index in [0.29, 0.717) is 16.4 Å². The van der Waals surface area contributed by atoms with E-state index in [1.807, 2.05) is 26.0 Å². The number of nitrogens with zero attached hydrogens (tertiary/aromatic N) is 2. The highest BCUT2D eigenvalue weighted by atomic mass is 32.2. The summed E-state index contributed by atoms with van der Waals surface area (Å²) >= 11 is 1.37. The average molecular weight is 436 g/mol. The lowest BCUT2D eigenvalue weighted by molar-refractivity contribution is -0.128. The summed E-state index contributed by atoms with van der Waals surface area (Å²) in [6, 6.07) is 13.0. The highest BCUT2D eigenvalue weighted by Crippen LogP contribution is 2.39. The third-order valence-electron chi connectivity index (χ3n) is 5.39. The van der Waals surface area contributed by atoms with Gasteiger partial charge in [0.25, 0.3) is 0 Å². The van der Waals surface area contributed by atoms with Crippen LogP contribution in [0.1, 0.15) is 47.7 Å². The highest BCUT2D eigenvalue weighted by Gasteiger charge is 2.46. The lowest BCUT2D eigenvalue weighted by Crippen LogP contribution is -2.35. The quantitative estimate of drug-likeness (QED) is 0.671. The zero-order valence-electron chi connectivity index (χ0n) is 17.8. The van der Waals surface area contributed by atoms with Crippen molar-refractivity contribution in [1.82, 2.24) is 4.90 Å². The second-order valence-corrected chi connectivity index (χ2v) is 9.29. The molecular weight excluding hydrogens is 410 g/mol. The number of aryl methyl sites for hydroxylation is 2. The first kappa shape index (κ1) is 21.3. The molecule has 1 N–H and O–H groups in total. The standard InChI is InChI=1S/C24H25N3O3S/c1-14-4-11-20(15(2)12-14)26-24-27(19-9-10-19)23(30)21(31-24)13-22(29)25-18-7-5-17(6-8-18)16(3)28/h4-8,11-12,19,21H,9-10,13H2,1-3H3,(H,25,29). The second kappa shape index (κ2) is 8.67. The Morgan fingerprint density at radius 2 is 1.84 bits per heavy atom. The van der Waals surface area contributed by atoms with Gasteiger partial charge in [-0.2, -0.15) is 0 Å². The molecule has 4 rings (SSSR count). The molecule has 2 aliphatic rings. The molecule has 0 aromatic heterocycles. The molecule has 1 unspecified atom stereocenters. The lowest BCUT2D eigenvalue weighted by Gasteiger charge is -2.15. The Balaban J connectivity index is 1.47. The zero-order chi connectivity index (χ0) is 22.1. The minimum absolute atomic E-state index is 0.0263. The van der Waals surface area contributed by atoms with Crippen molar-refractivity contribution in [3.63, 3.8) is 0 Å². The van der Waals surface area contributed by atoms with Gasteiger partial charge in [0.05, 0.1) is 5.69 Å². The van der Waals surface area contributed by atoms with Crippen LogP contribution in [0.15, 0.2) is 47.5 Å². The number of carbonyl (C=O) groups excluding carboxylic acids is 3. The van der Waals surface area contributed by atoms with Gasteiger partial charge in [-0.15, -0.1) is 0 Å². The Morgan fingerprint density at radius 1 is 1.13 bits per heavy atom. The Morgan fingerprint density at radius 3 is 2.45 bits per heavy atom. The van der Waals surface area contributed by atoms with Gasteiger partial charge in [-0.1, -0.05) is 29.5 Å².